The fourth-order valence-electron chi connectivity index (χ4n) is 3.68. The molecule has 0 radical (unpaired) electrons. The van der Waals surface area contributed by atoms with Crippen molar-refractivity contribution in [1.82, 2.24) is 4.90 Å². The first-order valence-electron chi connectivity index (χ1n) is 9.88. The van der Waals surface area contributed by atoms with Crippen LogP contribution in [0.15, 0.2) is 59.8 Å². The number of carbonyl (C=O) groups excluding carboxylic acids is 2. The number of hydrogen-bond acceptors (Lipinski definition) is 5. The van der Waals surface area contributed by atoms with E-state index in [1.807, 2.05) is 0 Å². The monoisotopic (exact) mass is 442 g/mol. The number of nitro groups is 1. The van der Waals surface area contributed by atoms with Gasteiger partial charge in [-0.2, -0.15) is 0 Å². The molecule has 1 aliphatic rings. The van der Waals surface area contributed by atoms with Gasteiger partial charge in [0.15, 0.2) is 0 Å². The van der Waals surface area contributed by atoms with Crippen LogP contribution < -0.4 is 0 Å². The van der Waals surface area contributed by atoms with Crippen LogP contribution in [0.5, 0.6) is 0 Å². The number of allylic oxidation sites excluding steroid dienone is 1. The third-order valence-electron chi connectivity index (χ3n) is 5.12. The Morgan fingerprint density at radius 3 is 2.55 bits per heavy atom. The number of non-ortho nitro benzene ring substituents is 1. The number of nitrogens with zero attached hydrogens (tertiary/aromatic N) is 2. The maximum Gasteiger partial charge on any atom is 0.336 e. The van der Waals surface area contributed by atoms with E-state index in [1.165, 1.54) is 17.0 Å². The van der Waals surface area contributed by atoms with Crippen LogP contribution in [0.1, 0.15) is 44.2 Å². The molecule has 1 aliphatic heterocycles. The van der Waals surface area contributed by atoms with E-state index in [0.29, 0.717) is 21.9 Å². The summed E-state index contributed by atoms with van der Waals surface area (Å²) in [6.45, 7) is 5.35. The highest BCUT2D eigenvalue weighted by molar-refractivity contribution is 6.30. The summed E-state index contributed by atoms with van der Waals surface area (Å²) in [6.07, 6.45) is -0.238. The van der Waals surface area contributed by atoms with Crippen molar-refractivity contribution in [2.24, 2.45) is 0 Å². The second kappa shape index (κ2) is 9.31. The van der Waals surface area contributed by atoms with E-state index in [0.717, 1.165) is 5.56 Å². The first-order valence-corrected chi connectivity index (χ1v) is 10.3. The molecule has 0 N–H and O–H groups in total. The summed E-state index contributed by atoms with van der Waals surface area (Å²) in [7, 11) is 0. The van der Waals surface area contributed by atoms with Crippen LogP contribution in [0, 0.1) is 10.1 Å². The van der Waals surface area contributed by atoms with Crippen molar-refractivity contribution in [1.29, 1.82) is 0 Å². The number of rotatable bonds is 6. The van der Waals surface area contributed by atoms with Gasteiger partial charge in [-0.15, -0.1) is 0 Å². The maximum atomic E-state index is 13.0. The molecule has 3 rings (SSSR count). The molecule has 31 heavy (non-hydrogen) atoms. The van der Waals surface area contributed by atoms with Crippen molar-refractivity contribution < 1.29 is 19.2 Å². The number of ether oxygens (including phenoxy) is 1. The van der Waals surface area contributed by atoms with E-state index in [9.17, 15) is 19.7 Å². The van der Waals surface area contributed by atoms with Crippen LogP contribution in [0.3, 0.4) is 0 Å². The van der Waals surface area contributed by atoms with Gasteiger partial charge in [-0.25, -0.2) is 4.79 Å². The van der Waals surface area contributed by atoms with Crippen molar-refractivity contribution in [3.05, 3.63) is 86.1 Å². The van der Waals surface area contributed by atoms with Crippen molar-refractivity contribution in [2.45, 2.75) is 45.8 Å². The molecule has 0 fully saturated rings. The second-order valence-electron chi connectivity index (χ2n) is 7.67. The molecule has 1 heterocycles. The van der Waals surface area contributed by atoms with Crippen molar-refractivity contribution in [3.8, 4) is 0 Å². The van der Waals surface area contributed by atoms with Gasteiger partial charge in [-0.3, -0.25) is 14.9 Å². The number of hydrogen-bond donors (Lipinski definition) is 0. The molecule has 1 amide bonds. The van der Waals surface area contributed by atoms with Crippen LogP contribution in [0.25, 0.3) is 0 Å². The lowest BCUT2D eigenvalue weighted by Crippen LogP contribution is -2.38. The van der Waals surface area contributed by atoms with Gasteiger partial charge in [0.1, 0.15) is 0 Å². The molecule has 0 spiro atoms. The molecule has 8 heteroatoms. The van der Waals surface area contributed by atoms with E-state index >= 15 is 0 Å². The van der Waals surface area contributed by atoms with E-state index in [-0.39, 0.29) is 30.7 Å². The fourth-order valence-corrected chi connectivity index (χ4v) is 3.80. The molecule has 2 aromatic carbocycles. The Labute approximate surface area is 185 Å². The minimum absolute atomic E-state index is 0.0536. The molecular weight excluding hydrogens is 420 g/mol. The first-order chi connectivity index (χ1) is 14.7. The van der Waals surface area contributed by atoms with Gasteiger partial charge in [0.2, 0.25) is 5.91 Å². The van der Waals surface area contributed by atoms with E-state index < -0.39 is 16.8 Å². The molecule has 0 aromatic heterocycles. The largest absolute Gasteiger partial charge is 0.460 e. The zero-order valence-corrected chi connectivity index (χ0v) is 18.3. The van der Waals surface area contributed by atoms with Gasteiger partial charge < -0.3 is 9.64 Å². The van der Waals surface area contributed by atoms with Crippen LogP contribution in [-0.4, -0.2) is 27.8 Å². The predicted molar refractivity (Wildman–Crippen MR) is 116 cm³/mol. The van der Waals surface area contributed by atoms with Gasteiger partial charge in [-0.05, 0) is 44.0 Å². The lowest BCUT2D eigenvalue weighted by atomic mass is 9.83. The molecular formula is C23H23ClN2O5. The number of benzene rings is 2. The molecule has 0 saturated carbocycles. The van der Waals surface area contributed by atoms with Gasteiger partial charge in [0, 0.05) is 35.2 Å². The summed E-state index contributed by atoms with van der Waals surface area (Å²) in [5.74, 6) is -1.12. The molecule has 1 unspecified atom stereocenters. The summed E-state index contributed by atoms with van der Waals surface area (Å²) >= 11 is 6.00. The lowest BCUT2D eigenvalue weighted by Gasteiger charge is -2.34. The van der Waals surface area contributed by atoms with E-state index in [4.69, 9.17) is 16.3 Å². The highest BCUT2D eigenvalue weighted by atomic mass is 35.5. The topological polar surface area (TPSA) is 89.8 Å². The molecule has 0 aliphatic carbocycles. The fraction of sp³-hybridized carbons (Fsp3) is 0.304. The number of nitro benzene ring substituents is 1. The first kappa shape index (κ1) is 22.5. The average molecular weight is 443 g/mol. The normalized spacial score (nSPS) is 16.6. The summed E-state index contributed by atoms with van der Waals surface area (Å²) in [6, 6.07) is 13.1. The third-order valence-corrected chi connectivity index (χ3v) is 5.37. The summed E-state index contributed by atoms with van der Waals surface area (Å²) in [5.41, 5.74) is 2.22. The minimum atomic E-state index is -0.482. The second-order valence-corrected chi connectivity index (χ2v) is 8.10. The number of carbonyl (C=O) groups is 2. The Morgan fingerprint density at radius 1 is 1.26 bits per heavy atom. The van der Waals surface area contributed by atoms with Crippen LogP contribution in [0.2, 0.25) is 5.02 Å². The van der Waals surface area contributed by atoms with Crippen molar-refractivity contribution >= 4 is 29.2 Å². The van der Waals surface area contributed by atoms with Crippen molar-refractivity contribution in [2.75, 3.05) is 0 Å². The van der Waals surface area contributed by atoms with E-state index in [2.05, 4.69) is 0 Å². The van der Waals surface area contributed by atoms with Crippen LogP contribution >= 0.6 is 11.6 Å². The average Bonchev–Trinajstić information content (AvgIpc) is 2.70. The Balaban J connectivity index is 2.02. The highest BCUT2D eigenvalue weighted by Gasteiger charge is 2.37. The van der Waals surface area contributed by atoms with Gasteiger partial charge in [0.05, 0.1) is 23.1 Å². The SMILES string of the molecule is CC1=C(C(=O)OC(C)C)C(c2ccc(Cl)cc2)CC(=O)N1Cc1cccc([N+](=O)[O-])c1. The molecule has 2 aromatic rings. The number of esters is 1. The van der Waals surface area contributed by atoms with Gasteiger partial charge >= 0.3 is 5.97 Å². The lowest BCUT2D eigenvalue weighted by molar-refractivity contribution is -0.384. The van der Waals surface area contributed by atoms with E-state index in [1.54, 1.807) is 57.2 Å². The highest BCUT2D eigenvalue weighted by Crippen LogP contribution is 2.38. The maximum absolute atomic E-state index is 13.0. The summed E-state index contributed by atoms with van der Waals surface area (Å²) in [5, 5.41) is 11.6. The minimum Gasteiger partial charge on any atom is -0.460 e. The molecule has 162 valence electrons. The zero-order chi connectivity index (χ0) is 22.7. The Hall–Kier alpha value is -3.19. The standard InChI is InChI=1S/C23H23ClN2O5/c1-14(2)31-23(28)22-15(3)25(13-16-5-4-6-19(11-16)26(29)30)21(27)12-20(22)17-7-9-18(24)10-8-17/h4-11,14,20H,12-13H2,1-3H3. The predicted octanol–water partition coefficient (Wildman–Crippen LogP) is 4.99. The zero-order valence-electron chi connectivity index (χ0n) is 17.5. The summed E-state index contributed by atoms with van der Waals surface area (Å²) < 4.78 is 5.47. The molecule has 7 nitrogen and oxygen atoms in total. The van der Waals surface area contributed by atoms with Gasteiger partial charge in [0.25, 0.3) is 5.69 Å². The summed E-state index contributed by atoms with van der Waals surface area (Å²) in [4.78, 5) is 38.1. The van der Waals surface area contributed by atoms with Crippen LogP contribution in [-0.2, 0) is 20.9 Å². The molecule has 0 bridgehead atoms. The van der Waals surface area contributed by atoms with Crippen LogP contribution in [0.4, 0.5) is 5.69 Å². The smallest absolute Gasteiger partial charge is 0.336 e. The molecule has 1 atom stereocenters. The number of halogens is 1. The van der Waals surface area contributed by atoms with Crippen molar-refractivity contribution in [3.63, 3.8) is 0 Å². The quantitative estimate of drug-likeness (QED) is 0.357. The number of amides is 1. The Morgan fingerprint density at radius 2 is 1.94 bits per heavy atom. The third kappa shape index (κ3) is 5.11. The Kier molecular flexibility index (Phi) is 6.75. The van der Waals surface area contributed by atoms with Gasteiger partial charge in [-0.1, -0.05) is 35.9 Å². The Bertz CT molecular complexity index is 1050. The molecule has 0 saturated heterocycles.